The van der Waals surface area contributed by atoms with Gasteiger partial charge in [-0.25, -0.2) is 4.99 Å². The summed E-state index contributed by atoms with van der Waals surface area (Å²) in [6, 6.07) is -0.140. The summed E-state index contributed by atoms with van der Waals surface area (Å²) in [6.45, 7) is 15.6. The van der Waals surface area contributed by atoms with E-state index in [1.165, 1.54) is 103 Å². The molecule has 6 nitrogen and oxygen atoms in total. The van der Waals surface area contributed by atoms with Gasteiger partial charge in [0.15, 0.2) is 5.96 Å². The van der Waals surface area contributed by atoms with Gasteiger partial charge in [-0.15, -0.1) is 0 Å². The van der Waals surface area contributed by atoms with E-state index in [0.29, 0.717) is 36.8 Å². The van der Waals surface area contributed by atoms with Crippen LogP contribution in [0.25, 0.3) is 0 Å². The van der Waals surface area contributed by atoms with Crippen molar-refractivity contribution in [3.63, 3.8) is 0 Å². The van der Waals surface area contributed by atoms with Crippen molar-refractivity contribution in [2.45, 2.75) is 175 Å². The van der Waals surface area contributed by atoms with E-state index in [2.05, 4.69) is 45.7 Å². The molecule has 0 aromatic heterocycles. The number of fused-ring (bicyclic) bond motifs is 5. The zero-order valence-corrected chi connectivity index (χ0v) is 32.1. The van der Waals surface area contributed by atoms with E-state index in [1.807, 2.05) is 0 Å². The smallest absolute Gasteiger partial charge is 0.186 e. The molecule has 0 aliphatic heterocycles. The summed E-state index contributed by atoms with van der Waals surface area (Å²) >= 11 is 0. The molecule has 0 bridgehead atoms. The molecule has 278 valence electrons. The number of hydrogen-bond donors (Lipinski definition) is 2. The molecule has 0 aromatic carbocycles. The van der Waals surface area contributed by atoms with Crippen molar-refractivity contribution in [1.82, 2.24) is 0 Å². The lowest BCUT2D eigenvalue weighted by atomic mass is 9.47. The van der Waals surface area contributed by atoms with Gasteiger partial charge in [-0.1, -0.05) is 97.6 Å². The molecule has 0 heterocycles. The summed E-state index contributed by atoms with van der Waals surface area (Å²) in [4.78, 5) is 4.33. The van der Waals surface area contributed by atoms with Crippen LogP contribution in [-0.4, -0.2) is 51.1 Å². The first kappa shape index (κ1) is 39.7. The predicted octanol–water partition coefficient (Wildman–Crippen LogP) is 9.98. The Kier molecular flexibility index (Phi) is 16.6. The molecule has 8 atom stereocenters. The van der Waals surface area contributed by atoms with Crippen LogP contribution in [0, 0.1) is 40.4 Å². The fraction of sp³-hybridized carbons (Fsp3) is 0.929. The summed E-state index contributed by atoms with van der Waals surface area (Å²) in [7, 11) is 0. The van der Waals surface area contributed by atoms with E-state index in [9.17, 15) is 0 Å². The average Bonchev–Trinajstić information content (AvgIpc) is 3.39. The first-order chi connectivity index (χ1) is 23.2. The van der Waals surface area contributed by atoms with Crippen LogP contribution in [0.4, 0.5) is 0 Å². The van der Waals surface area contributed by atoms with E-state index in [-0.39, 0.29) is 12.0 Å². The minimum atomic E-state index is -0.140. The summed E-state index contributed by atoms with van der Waals surface area (Å²) < 4.78 is 18.3. The van der Waals surface area contributed by atoms with Gasteiger partial charge in [0.25, 0.3) is 0 Å². The maximum absolute atomic E-state index is 6.49. The van der Waals surface area contributed by atoms with Crippen LogP contribution in [-0.2, 0) is 14.2 Å². The van der Waals surface area contributed by atoms with Crippen molar-refractivity contribution in [2.24, 2.45) is 56.9 Å². The van der Waals surface area contributed by atoms with Gasteiger partial charge in [-0.3, -0.25) is 0 Å². The van der Waals surface area contributed by atoms with Crippen molar-refractivity contribution < 1.29 is 14.2 Å². The van der Waals surface area contributed by atoms with E-state index in [1.54, 1.807) is 5.57 Å². The molecule has 0 saturated heterocycles. The van der Waals surface area contributed by atoms with Gasteiger partial charge >= 0.3 is 0 Å². The van der Waals surface area contributed by atoms with Crippen molar-refractivity contribution in [3.05, 3.63) is 11.6 Å². The summed E-state index contributed by atoms with van der Waals surface area (Å²) in [6.07, 6.45) is 29.3. The average molecular weight is 672 g/mol. The fourth-order valence-electron chi connectivity index (χ4n) is 10.6. The number of nitrogens with two attached hydrogens (primary N) is 2. The fourth-order valence-corrected chi connectivity index (χ4v) is 10.6. The van der Waals surface area contributed by atoms with E-state index < -0.39 is 0 Å². The number of unbranched alkanes of at least 4 members (excludes halogenated alkanes) is 7. The largest absolute Gasteiger partial charge is 0.379 e. The van der Waals surface area contributed by atoms with Crippen LogP contribution in [0.3, 0.4) is 0 Å². The quantitative estimate of drug-likeness (QED) is 0.0488. The van der Waals surface area contributed by atoms with Gasteiger partial charge in [0, 0.05) is 19.8 Å². The second kappa shape index (κ2) is 20.1. The van der Waals surface area contributed by atoms with Gasteiger partial charge < -0.3 is 25.7 Å². The molecule has 3 saturated carbocycles. The highest BCUT2D eigenvalue weighted by atomic mass is 16.5. The Bertz CT molecular complexity index is 979. The Hall–Kier alpha value is -1.11. The highest BCUT2D eigenvalue weighted by Gasteiger charge is 2.58. The van der Waals surface area contributed by atoms with E-state index >= 15 is 0 Å². The second-order valence-corrected chi connectivity index (χ2v) is 17.3. The lowest BCUT2D eigenvalue weighted by molar-refractivity contribution is -0.0592. The molecule has 48 heavy (non-hydrogen) atoms. The van der Waals surface area contributed by atoms with Crippen LogP contribution >= 0.6 is 0 Å². The first-order valence-electron chi connectivity index (χ1n) is 20.7. The normalized spacial score (nSPS) is 32.0. The summed E-state index contributed by atoms with van der Waals surface area (Å²) in [5.74, 6) is 4.67. The Balaban J connectivity index is 1.12. The number of ether oxygens (including phenoxy) is 3. The molecule has 4 N–H and O–H groups in total. The van der Waals surface area contributed by atoms with Crippen molar-refractivity contribution in [1.29, 1.82) is 0 Å². The number of rotatable bonds is 23. The number of guanidine groups is 1. The molecule has 4 rings (SSSR count). The monoisotopic (exact) mass is 672 g/mol. The minimum absolute atomic E-state index is 0.101. The minimum Gasteiger partial charge on any atom is -0.379 e. The van der Waals surface area contributed by atoms with E-state index in [0.717, 1.165) is 68.5 Å². The Morgan fingerprint density at radius 1 is 0.833 bits per heavy atom. The van der Waals surface area contributed by atoms with Crippen molar-refractivity contribution in [3.8, 4) is 0 Å². The molecule has 0 amide bonds. The lowest BCUT2D eigenvalue weighted by Crippen LogP contribution is -2.50. The molecule has 0 aromatic rings. The molecular formula is C42H77N3O3. The van der Waals surface area contributed by atoms with E-state index in [4.69, 9.17) is 25.7 Å². The number of allylic oxidation sites excluding steroid dienone is 1. The van der Waals surface area contributed by atoms with Gasteiger partial charge in [0.1, 0.15) is 6.04 Å². The van der Waals surface area contributed by atoms with Gasteiger partial charge in [0.05, 0.1) is 19.3 Å². The maximum Gasteiger partial charge on any atom is 0.186 e. The van der Waals surface area contributed by atoms with Crippen LogP contribution in [0.15, 0.2) is 16.6 Å². The lowest BCUT2D eigenvalue weighted by Gasteiger charge is -2.58. The third-order valence-electron chi connectivity index (χ3n) is 13.5. The second-order valence-electron chi connectivity index (χ2n) is 17.3. The Morgan fingerprint density at radius 3 is 2.27 bits per heavy atom. The third-order valence-corrected chi connectivity index (χ3v) is 13.5. The van der Waals surface area contributed by atoms with Crippen molar-refractivity contribution in [2.75, 3.05) is 33.0 Å². The number of aliphatic imine (C=N–C) groups is 1. The SMILES string of the molecule is CCCCCCCCOCC(COCCCCOC1CCC2(C)C(=CCC3C2CCC2(C)C(CCCCC(C)C)CCC32)C1)N=C(N)N. The molecule has 3 fully saturated rings. The van der Waals surface area contributed by atoms with Crippen LogP contribution in [0.2, 0.25) is 0 Å². The molecule has 0 spiro atoms. The standard InChI is InChI=1S/C42H77N3O3/c1-6-7-8-9-10-13-26-46-30-35(45-40(43)44)31-47-27-14-15-28-48-36-22-24-42(5)34(29-36)18-20-37-38-21-19-33(17-12-11-16-32(2)3)41(38,4)25-23-39(37)42/h18,32-33,35-39H,6-17,19-31H2,1-5H3,(H4,43,44,45). The van der Waals surface area contributed by atoms with Crippen LogP contribution < -0.4 is 11.5 Å². The summed E-state index contributed by atoms with van der Waals surface area (Å²) in [5, 5.41) is 0. The van der Waals surface area contributed by atoms with Gasteiger partial charge in [-0.2, -0.15) is 0 Å². The topological polar surface area (TPSA) is 92.1 Å². The molecule has 6 heteroatoms. The Morgan fingerprint density at radius 2 is 1.54 bits per heavy atom. The van der Waals surface area contributed by atoms with Crippen molar-refractivity contribution >= 4 is 5.96 Å². The van der Waals surface area contributed by atoms with Crippen LogP contribution in [0.5, 0.6) is 0 Å². The zero-order chi connectivity index (χ0) is 34.4. The molecule has 0 radical (unpaired) electrons. The van der Waals surface area contributed by atoms with Gasteiger partial charge in [0.2, 0.25) is 0 Å². The highest BCUT2D eigenvalue weighted by molar-refractivity contribution is 5.75. The predicted molar refractivity (Wildman–Crippen MR) is 202 cm³/mol. The van der Waals surface area contributed by atoms with Gasteiger partial charge in [-0.05, 0) is 117 Å². The first-order valence-corrected chi connectivity index (χ1v) is 20.7. The maximum atomic E-state index is 6.49. The molecule has 4 aliphatic carbocycles. The summed E-state index contributed by atoms with van der Waals surface area (Å²) in [5.41, 5.74) is 14.1. The number of nitrogens with zero attached hydrogens (tertiary/aromatic N) is 1. The molecule has 4 aliphatic rings. The zero-order valence-electron chi connectivity index (χ0n) is 32.1. The Labute approximate surface area is 296 Å². The molecule has 8 unspecified atom stereocenters. The number of hydrogen-bond acceptors (Lipinski definition) is 4. The highest BCUT2D eigenvalue weighted by Crippen LogP contribution is 2.66. The van der Waals surface area contributed by atoms with Crippen LogP contribution in [0.1, 0.15) is 163 Å². The third kappa shape index (κ3) is 11.2. The molecular weight excluding hydrogens is 594 g/mol.